The lowest BCUT2D eigenvalue weighted by molar-refractivity contribution is -0.119. The molecule has 0 aliphatic carbocycles. The summed E-state index contributed by atoms with van der Waals surface area (Å²) in [5.41, 5.74) is 7.61. The molecule has 1 aromatic heterocycles. The van der Waals surface area contributed by atoms with Crippen molar-refractivity contribution in [3.05, 3.63) is 52.2 Å². The molecule has 0 saturated heterocycles. The summed E-state index contributed by atoms with van der Waals surface area (Å²) in [6.45, 7) is 0. The van der Waals surface area contributed by atoms with Crippen LogP contribution in [0.2, 0.25) is 0 Å². The Hall–Kier alpha value is -1.61. The van der Waals surface area contributed by atoms with Crippen molar-refractivity contribution in [2.24, 2.45) is 0 Å². The van der Waals surface area contributed by atoms with E-state index in [1.165, 1.54) is 4.88 Å². The molecule has 0 aliphatic heterocycles. The summed E-state index contributed by atoms with van der Waals surface area (Å²) in [4.78, 5) is 13.1. The lowest BCUT2D eigenvalue weighted by Crippen LogP contribution is -2.01. The highest BCUT2D eigenvalue weighted by atomic mass is 32.1. The van der Waals surface area contributed by atoms with Crippen molar-refractivity contribution in [3.8, 4) is 0 Å². The first kappa shape index (κ1) is 12.8. The van der Waals surface area contributed by atoms with Crippen molar-refractivity contribution >= 4 is 22.8 Å². The minimum Gasteiger partial charge on any atom is -0.399 e. The van der Waals surface area contributed by atoms with Crippen molar-refractivity contribution in [3.63, 3.8) is 0 Å². The van der Waals surface area contributed by atoms with Crippen molar-refractivity contribution in [2.75, 3.05) is 5.73 Å². The molecule has 0 radical (unpaired) electrons. The second-order valence-electron chi connectivity index (χ2n) is 4.36. The van der Waals surface area contributed by atoms with Crippen molar-refractivity contribution in [2.45, 2.75) is 25.7 Å². The largest absolute Gasteiger partial charge is 0.399 e. The van der Waals surface area contributed by atoms with Crippen LogP contribution < -0.4 is 5.73 Å². The van der Waals surface area contributed by atoms with E-state index in [0.717, 1.165) is 24.1 Å². The lowest BCUT2D eigenvalue weighted by Gasteiger charge is -2.02. The third-order valence-electron chi connectivity index (χ3n) is 2.87. The van der Waals surface area contributed by atoms with Crippen molar-refractivity contribution < 1.29 is 4.79 Å². The smallest absolute Gasteiger partial charge is 0.133 e. The predicted molar refractivity (Wildman–Crippen MR) is 76.8 cm³/mol. The second kappa shape index (κ2) is 6.36. The van der Waals surface area contributed by atoms with Crippen LogP contribution in [0, 0.1) is 0 Å². The molecule has 3 heteroatoms. The zero-order chi connectivity index (χ0) is 12.8. The van der Waals surface area contributed by atoms with Crippen LogP contribution in [0.1, 0.15) is 23.3 Å². The van der Waals surface area contributed by atoms with E-state index in [1.807, 2.05) is 35.7 Å². The molecular weight excluding hydrogens is 242 g/mol. The van der Waals surface area contributed by atoms with E-state index in [4.69, 9.17) is 5.73 Å². The van der Waals surface area contributed by atoms with Gasteiger partial charge < -0.3 is 5.73 Å². The molecular formula is C15H17NOS. The number of hydrogen-bond donors (Lipinski definition) is 1. The summed E-state index contributed by atoms with van der Waals surface area (Å²) in [5, 5.41) is 2.05. The van der Waals surface area contributed by atoms with Gasteiger partial charge in [-0.05, 0) is 42.0 Å². The fourth-order valence-corrected chi connectivity index (χ4v) is 2.58. The Balaban J connectivity index is 1.75. The number of benzene rings is 1. The number of hydrogen-bond acceptors (Lipinski definition) is 3. The van der Waals surface area contributed by atoms with Gasteiger partial charge in [-0.25, -0.2) is 0 Å². The van der Waals surface area contributed by atoms with Crippen LogP contribution >= 0.6 is 11.3 Å². The summed E-state index contributed by atoms with van der Waals surface area (Å²) in [6, 6.07) is 11.9. The summed E-state index contributed by atoms with van der Waals surface area (Å²) in [6.07, 6.45) is 2.90. The molecule has 0 bridgehead atoms. The molecule has 0 aliphatic rings. The second-order valence-corrected chi connectivity index (χ2v) is 5.40. The highest BCUT2D eigenvalue weighted by Gasteiger charge is 2.04. The summed E-state index contributed by atoms with van der Waals surface area (Å²) < 4.78 is 0. The number of nitrogen functional groups attached to an aromatic ring is 1. The number of ketones is 1. The van der Waals surface area contributed by atoms with Gasteiger partial charge in [0.25, 0.3) is 0 Å². The molecule has 0 unspecified atom stereocenters. The lowest BCUT2D eigenvalue weighted by atomic mass is 10.0. The fourth-order valence-electron chi connectivity index (χ4n) is 1.87. The Labute approximate surface area is 111 Å². The zero-order valence-electron chi connectivity index (χ0n) is 10.3. The molecule has 2 rings (SSSR count). The summed E-state index contributed by atoms with van der Waals surface area (Å²) >= 11 is 1.71. The maximum atomic E-state index is 11.8. The maximum absolute atomic E-state index is 11.8. The average Bonchev–Trinajstić information content (AvgIpc) is 2.87. The molecule has 0 saturated carbocycles. The van der Waals surface area contributed by atoms with Gasteiger partial charge in [-0.2, -0.15) is 0 Å². The van der Waals surface area contributed by atoms with E-state index in [9.17, 15) is 4.79 Å². The Morgan fingerprint density at radius 3 is 2.67 bits per heavy atom. The van der Waals surface area contributed by atoms with E-state index < -0.39 is 0 Å². The minimum atomic E-state index is 0.325. The first-order chi connectivity index (χ1) is 8.74. The zero-order valence-corrected chi connectivity index (χ0v) is 11.1. The maximum Gasteiger partial charge on any atom is 0.133 e. The fraction of sp³-hybridized carbons (Fsp3) is 0.267. The third kappa shape index (κ3) is 4.00. The Bertz CT molecular complexity index is 505. The van der Waals surface area contributed by atoms with Crippen LogP contribution in [0.25, 0.3) is 0 Å². The minimum absolute atomic E-state index is 0.325. The number of rotatable bonds is 6. The van der Waals surface area contributed by atoms with E-state index in [1.54, 1.807) is 11.3 Å². The molecule has 0 atom stereocenters. The number of nitrogens with two attached hydrogens (primary N) is 1. The Kier molecular flexibility index (Phi) is 4.53. The SMILES string of the molecule is Nc1cccc(CCC(=O)CCc2cccs2)c1. The predicted octanol–water partition coefficient (Wildman–Crippen LogP) is 3.46. The van der Waals surface area contributed by atoms with E-state index in [2.05, 4.69) is 6.07 Å². The van der Waals surface area contributed by atoms with Crippen molar-refractivity contribution in [1.29, 1.82) is 0 Å². The number of aryl methyl sites for hydroxylation is 2. The van der Waals surface area contributed by atoms with Gasteiger partial charge in [-0.3, -0.25) is 4.79 Å². The summed E-state index contributed by atoms with van der Waals surface area (Å²) in [7, 11) is 0. The molecule has 2 N–H and O–H groups in total. The monoisotopic (exact) mass is 259 g/mol. The quantitative estimate of drug-likeness (QED) is 0.807. The molecule has 0 fully saturated rings. The molecule has 1 heterocycles. The van der Waals surface area contributed by atoms with Crippen LogP contribution in [0.15, 0.2) is 41.8 Å². The average molecular weight is 259 g/mol. The molecule has 0 spiro atoms. The van der Waals surface area contributed by atoms with Gasteiger partial charge in [0, 0.05) is 23.4 Å². The van der Waals surface area contributed by atoms with Crippen LogP contribution in [-0.4, -0.2) is 5.78 Å². The molecule has 94 valence electrons. The summed E-state index contributed by atoms with van der Waals surface area (Å²) in [5.74, 6) is 0.325. The highest BCUT2D eigenvalue weighted by molar-refractivity contribution is 7.09. The van der Waals surface area contributed by atoms with Crippen LogP contribution in [0.4, 0.5) is 5.69 Å². The molecule has 1 aromatic carbocycles. The van der Waals surface area contributed by atoms with Gasteiger partial charge in [0.15, 0.2) is 0 Å². The van der Waals surface area contributed by atoms with Gasteiger partial charge >= 0.3 is 0 Å². The number of Topliss-reactive ketones (excluding diaryl/α,β-unsaturated/α-hetero) is 1. The molecule has 2 nitrogen and oxygen atoms in total. The topological polar surface area (TPSA) is 43.1 Å². The Morgan fingerprint density at radius 2 is 1.94 bits per heavy atom. The van der Waals surface area contributed by atoms with Crippen LogP contribution in [0.3, 0.4) is 0 Å². The van der Waals surface area contributed by atoms with E-state index in [0.29, 0.717) is 18.6 Å². The van der Waals surface area contributed by atoms with Gasteiger partial charge in [0.2, 0.25) is 0 Å². The molecule has 18 heavy (non-hydrogen) atoms. The van der Waals surface area contributed by atoms with Gasteiger partial charge in [0.1, 0.15) is 5.78 Å². The first-order valence-corrected chi connectivity index (χ1v) is 7.00. The number of carbonyl (C=O) groups excluding carboxylic acids is 1. The van der Waals surface area contributed by atoms with Crippen molar-refractivity contribution in [1.82, 2.24) is 0 Å². The van der Waals surface area contributed by atoms with E-state index >= 15 is 0 Å². The molecule has 0 amide bonds. The van der Waals surface area contributed by atoms with Gasteiger partial charge in [-0.15, -0.1) is 11.3 Å². The first-order valence-electron chi connectivity index (χ1n) is 6.12. The van der Waals surface area contributed by atoms with Gasteiger partial charge in [-0.1, -0.05) is 18.2 Å². The normalized spacial score (nSPS) is 10.4. The number of anilines is 1. The molecule has 2 aromatic rings. The Morgan fingerprint density at radius 1 is 1.11 bits per heavy atom. The van der Waals surface area contributed by atoms with Crippen LogP contribution in [0.5, 0.6) is 0 Å². The van der Waals surface area contributed by atoms with Gasteiger partial charge in [0.05, 0.1) is 0 Å². The number of thiophene rings is 1. The van der Waals surface area contributed by atoms with E-state index in [-0.39, 0.29) is 0 Å². The highest BCUT2D eigenvalue weighted by Crippen LogP contribution is 2.13. The standard InChI is InChI=1S/C15H17NOS/c16-13-4-1-3-12(11-13)6-7-14(17)8-9-15-5-2-10-18-15/h1-5,10-11H,6-9,16H2. The van der Waals surface area contributed by atoms with Crippen LogP contribution in [-0.2, 0) is 17.6 Å². The number of carbonyl (C=O) groups is 1. The third-order valence-corrected chi connectivity index (χ3v) is 3.81.